The van der Waals surface area contributed by atoms with Crippen LogP contribution >= 0.6 is 11.6 Å². The van der Waals surface area contributed by atoms with Gasteiger partial charge in [-0.25, -0.2) is 4.98 Å². The highest BCUT2D eigenvalue weighted by Gasteiger charge is 2.51. The maximum atomic E-state index is 13.4. The van der Waals surface area contributed by atoms with Gasteiger partial charge in [-0.15, -0.1) is 0 Å². The van der Waals surface area contributed by atoms with Gasteiger partial charge in [0, 0.05) is 92.6 Å². The van der Waals surface area contributed by atoms with Crippen molar-refractivity contribution in [2.45, 2.75) is 95.7 Å². The first-order valence-corrected chi connectivity index (χ1v) is 23.2. The van der Waals surface area contributed by atoms with Crippen LogP contribution in [0.25, 0.3) is 10.9 Å². The third-order valence-corrected chi connectivity index (χ3v) is 14.5. The minimum Gasteiger partial charge on any atom is -0.478 e. The molecule has 1 atom stereocenters. The number of likely N-dealkylation sites (tertiary alicyclic amines) is 1. The first-order chi connectivity index (χ1) is 31.3. The summed E-state index contributed by atoms with van der Waals surface area (Å²) in [6.45, 7) is 9.65. The minimum absolute atomic E-state index is 0.0963. The number of likely N-dealkylation sites (N-methyl/N-ethyl adjacent to an activating group) is 1. The Morgan fingerprint density at radius 2 is 1.77 bits per heavy atom. The number of anilines is 4. The molecule has 0 bridgehead atoms. The number of imide groups is 1. The van der Waals surface area contributed by atoms with Gasteiger partial charge in [0.15, 0.2) is 18.2 Å². The number of benzene rings is 2. The van der Waals surface area contributed by atoms with Crippen molar-refractivity contribution in [1.82, 2.24) is 35.0 Å². The lowest BCUT2D eigenvalue weighted by atomic mass is 9.78. The number of fused-ring (bicyclic) bond motifs is 2. The normalized spacial score (nSPS) is 23.2. The molecule has 1 aliphatic carbocycles. The largest absolute Gasteiger partial charge is 0.478 e. The molecule has 342 valence electrons. The number of carbonyl (C=O) groups is 4. The third kappa shape index (κ3) is 8.38. The number of aromatic nitrogens is 3. The summed E-state index contributed by atoms with van der Waals surface area (Å²) < 4.78 is 13.9. The Kier molecular flexibility index (Phi) is 11.4. The van der Waals surface area contributed by atoms with Crippen LogP contribution in [0.15, 0.2) is 53.5 Å². The maximum absolute atomic E-state index is 13.4. The van der Waals surface area contributed by atoms with Gasteiger partial charge >= 0.3 is 0 Å². The second-order valence-corrected chi connectivity index (χ2v) is 19.3. The molecule has 3 N–H and O–H groups in total. The highest BCUT2D eigenvalue weighted by molar-refractivity contribution is 6.33. The van der Waals surface area contributed by atoms with Crippen LogP contribution in [0.2, 0.25) is 5.02 Å². The van der Waals surface area contributed by atoms with Gasteiger partial charge in [0.25, 0.3) is 17.4 Å². The van der Waals surface area contributed by atoms with Crippen LogP contribution < -0.4 is 36.0 Å². The number of halogens is 1. The number of ether oxygens (including phenoxy) is 2. The van der Waals surface area contributed by atoms with E-state index in [1.807, 2.05) is 44.2 Å². The van der Waals surface area contributed by atoms with E-state index in [2.05, 4.69) is 41.7 Å². The molecule has 4 saturated heterocycles. The van der Waals surface area contributed by atoms with Crippen molar-refractivity contribution in [3.8, 4) is 5.75 Å². The molecule has 1 unspecified atom stereocenters. The number of hydrogen-bond acceptors (Lipinski definition) is 13. The number of amides is 4. The molecule has 0 radical (unpaired) electrons. The van der Waals surface area contributed by atoms with Crippen LogP contribution in [-0.2, 0) is 25.7 Å². The van der Waals surface area contributed by atoms with Crippen molar-refractivity contribution in [2.75, 3.05) is 68.0 Å². The van der Waals surface area contributed by atoms with Gasteiger partial charge in [-0.2, -0.15) is 4.98 Å². The summed E-state index contributed by atoms with van der Waals surface area (Å²) in [5.41, 5.74) is 4.07. The van der Waals surface area contributed by atoms with E-state index in [0.717, 1.165) is 92.8 Å². The molecule has 18 heteroatoms. The Balaban J connectivity index is 0.686. The van der Waals surface area contributed by atoms with Gasteiger partial charge in [-0.1, -0.05) is 17.7 Å². The molecule has 10 rings (SSSR count). The van der Waals surface area contributed by atoms with Crippen molar-refractivity contribution in [1.29, 1.82) is 0 Å². The molecule has 2 aromatic carbocycles. The summed E-state index contributed by atoms with van der Waals surface area (Å²) in [6, 6.07) is 13.2. The van der Waals surface area contributed by atoms with E-state index < -0.39 is 6.04 Å². The van der Waals surface area contributed by atoms with Crippen molar-refractivity contribution in [3.05, 3.63) is 75.2 Å². The molecular formula is C47H55ClN10O7. The van der Waals surface area contributed by atoms with Crippen LogP contribution in [0.3, 0.4) is 0 Å². The van der Waals surface area contributed by atoms with Gasteiger partial charge in [0.2, 0.25) is 17.8 Å². The van der Waals surface area contributed by atoms with Crippen LogP contribution in [0.1, 0.15) is 80.8 Å². The average molecular weight is 907 g/mol. The van der Waals surface area contributed by atoms with E-state index in [9.17, 15) is 24.0 Å². The van der Waals surface area contributed by atoms with E-state index in [0.29, 0.717) is 41.4 Å². The van der Waals surface area contributed by atoms with Crippen LogP contribution in [0.5, 0.6) is 5.75 Å². The number of nitrogens with one attached hydrogen (secondary N) is 3. The number of rotatable bonds is 12. The van der Waals surface area contributed by atoms with E-state index in [1.165, 1.54) is 13.5 Å². The SMILES string of the molecule is CNC(=O)COc1cc2cc(Nc3nc(N4CCC(O[C@H]5C[C@H](N6CCC7(CN(c8ccc9c(c8)C(=O)N(C8CCC(=O)NC8=O)C9)C7)C6)C5)CC4)ncc3Cl)ccc2n(C(C)C)c1=O. The second kappa shape index (κ2) is 17.2. The predicted octanol–water partition coefficient (Wildman–Crippen LogP) is 4.38. The molecule has 5 aliphatic heterocycles. The van der Waals surface area contributed by atoms with Crippen molar-refractivity contribution in [3.63, 3.8) is 0 Å². The lowest BCUT2D eigenvalue weighted by Crippen LogP contribution is -2.59. The lowest BCUT2D eigenvalue weighted by Gasteiger charge is -2.50. The number of pyridine rings is 1. The number of carbonyl (C=O) groups excluding carboxylic acids is 4. The van der Waals surface area contributed by atoms with E-state index in [4.69, 9.17) is 26.1 Å². The second-order valence-electron chi connectivity index (χ2n) is 18.9. The van der Waals surface area contributed by atoms with Crippen molar-refractivity contribution in [2.24, 2.45) is 5.41 Å². The van der Waals surface area contributed by atoms with Crippen molar-refractivity contribution < 1.29 is 28.7 Å². The first-order valence-electron chi connectivity index (χ1n) is 22.8. The fraction of sp³-hybridized carbons (Fsp3) is 0.511. The van der Waals surface area contributed by atoms with Crippen molar-refractivity contribution >= 4 is 69.3 Å². The molecule has 1 spiro atoms. The average Bonchev–Trinajstić information content (AvgIpc) is 3.85. The summed E-state index contributed by atoms with van der Waals surface area (Å²) in [6.07, 6.45) is 7.74. The fourth-order valence-corrected chi connectivity index (χ4v) is 10.7. The van der Waals surface area contributed by atoms with Crippen LogP contribution in [0.4, 0.5) is 23.1 Å². The molecular weight excluding hydrogens is 852 g/mol. The smallest absolute Gasteiger partial charge is 0.293 e. The molecule has 65 heavy (non-hydrogen) atoms. The Bertz CT molecular complexity index is 2620. The topological polar surface area (TPSA) is 184 Å². The van der Waals surface area contributed by atoms with Gasteiger partial charge in [-0.3, -0.25) is 34.2 Å². The van der Waals surface area contributed by atoms with Crippen LogP contribution in [0, 0.1) is 5.41 Å². The standard InChI is InChI=1S/C47H55ClN10O7/c1-27(2)58-37-7-5-30(16-29(37)17-39(45(58)63)64-23-41(60)49-3)51-42-36(48)21-50-46(53-42)54-13-10-33(11-14-54)65-34-18-32(19-34)55-15-12-47(24-55)25-56(26-47)31-6-4-28-22-57(44(62)35(28)20-31)38-8-9-40(59)52-43(38)61/h4-7,16-17,20-21,27,32-34,38H,8-15,18-19,22-26H2,1-3H3,(H,49,60)(H,50,51,53)(H,52,59,61)/t32-,34-,38?. The molecule has 17 nitrogen and oxygen atoms in total. The van der Waals surface area contributed by atoms with Gasteiger partial charge < -0.3 is 39.4 Å². The molecule has 5 fully saturated rings. The Morgan fingerprint density at radius 1 is 0.969 bits per heavy atom. The summed E-state index contributed by atoms with van der Waals surface area (Å²) in [4.78, 5) is 80.9. The molecule has 1 saturated carbocycles. The van der Waals surface area contributed by atoms with Gasteiger partial charge in [0.05, 0.1) is 23.9 Å². The van der Waals surface area contributed by atoms with Crippen LogP contribution in [-0.4, -0.2) is 125 Å². The zero-order chi connectivity index (χ0) is 45.1. The summed E-state index contributed by atoms with van der Waals surface area (Å²) >= 11 is 6.61. The monoisotopic (exact) mass is 906 g/mol. The van der Waals surface area contributed by atoms with E-state index in [1.54, 1.807) is 21.7 Å². The molecule has 4 aromatic rings. The maximum Gasteiger partial charge on any atom is 0.293 e. The Morgan fingerprint density at radius 3 is 2.52 bits per heavy atom. The minimum atomic E-state index is -0.603. The predicted molar refractivity (Wildman–Crippen MR) is 245 cm³/mol. The number of hydrogen-bond donors (Lipinski definition) is 3. The zero-order valence-corrected chi connectivity index (χ0v) is 37.7. The van der Waals surface area contributed by atoms with E-state index in [-0.39, 0.29) is 71.6 Å². The number of nitrogens with zero attached hydrogens (tertiary/aromatic N) is 7. The summed E-state index contributed by atoms with van der Waals surface area (Å²) in [5, 5.41) is 9.37. The first kappa shape index (κ1) is 43.1. The summed E-state index contributed by atoms with van der Waals surface area (Å²) in [5.74, 6) is 0.0405. The summed E-state index contributed by atoms with van der Waals surface area (Å²) in [7, 11) is 1.52. The number of piperidine rings is 2. The van der Waals surface area contributed by atoms with Gasteiger partial charge in [-0.05, 0) is 101 Å². The van der Waals surface area contributed by atoms with Gasteiger partial charge in [0.1, 0.15) is 11.1 Å². The molecule has 4 amide bonds. The Labute approximate surface area is 381 Å². The van der Waals surface area contributed by atoms with E-state index >= 15 is 0 Å². The fourth-order valence-electron chi connectivity index (χ4n) is 10.6. The zero-order valence-electron chi connectivity index (χ0n) is 37.0. The molecule has 7 heterocycles. The highest BCUT2D eigenvalue weighted by Crippen LogP contribution is 2.45. The third-order valence-electron chi connectivity index (χ3n) is 14.2. The highest BCUT2D eigenvalue weighted by atomic mass is 35.5. The molecule has 2 aromatic heterocycles. The Hall–Kier alpha value is -5.78. The quantitative estimate of drug-likeness (QED) is 0.171. The lowest BCUT2D eigenvalue weighted by molar-refractivity contribution is -0.137. The molecule has 6 aliphatic rings.